The summed E-state index contributed by atoms with van der Waals surface area (Å²) in [4.78, 5) is 4.19. The molecule has 1 aromatic rings. The fourth-order valence-electron chi connectivity index (χ4n) is 0.983. The molecule has 0 unspecified atom stereocenters. The number of methoxy groups -OCH3 is 1. The molecule has 0 saturated carbocycles. The lowest BCUT2D eigenvalue weighted by Gasteiger charge is -2.09. The zero-order valence-electron chi connectivity index (χ0n) is 8.86. The predicted octanol–water partition coefficient (Wildman–Crippen LogP) is 0.914. The number of ether oxygens (including phenoxy) is 1. The predicted molar refractivity (Wildman–Crippen MR) is 51.6 cm³/mol. The average Bonchev–Trinajstić information content (AvgIpc) is 2.61. The highest BCUT2D eigenvalue weighted by molar-refractivity contribution is 4.93. The fourth-order valence-corrected chi connectivity index (χ4v) is 0.983. The van der Waals surface area contributed by atoms with Crippen molar-refractivity contribution in [2.75, 3.05) is 13.7 Å². The summed E-state index contributed by atoms with van der Waals surface area (Å²) in [6.07, 6.45) is 0.658. The van der Waals surface area contributed by atoms with E-state index in [0.717, 1.165) is 0 Å². The molecular formula is C9H17N3O2. The van der Waals surface area contributed by atoms with E-state index < -0.39 is 0 Å². The Morgan fingerprint density at radius 3 is 2.79 bits per heavy atom. The summed E-state index contributed by atoms with van der Waals surface area (Å²) < 4.78 is 9.95. The number of hydrogen-bond acceptors (Lipinski definition) is 5. The van der Waals surface area contributed by atoms with E-state index in [2.05, 4.69) is 10.1 Å². The van der Waals surface area contributed by atoms with Gasteiger partial charge in [-0.1, -0.05) is 19.0 Å². The molecular weight excluding hydrogens is 182 g/mol. The van der Waals surface area contributed by atoms with Crippen LogP contribution in [-0.2, 0) is 11.2 Å². The summed E-state index contributed by atoms with van der Waals surface area (Å²) in [6.45, 7) is 4.63. The van der Waals surface area contributed by atoms with Crippen LogP contribution in [0, 0.1) is 5.92 Å². The molecule has 2 N–H and O–H groups in total. The van der Waals surface area contributed by atoms with Gasteiger partial charge in [0.1, 0.15) is 0 Å². The van der Waals surface area contributed by atoms with E-state index in [1.54, 1.807) is 7.11 Å². The van der Waals surface area contributed by atoms with Crippen LogP contribution in [0.15, 0.2) is 4.52 Å². The third kappa shape index (κ3) is 2.78. The Bertz CT molecular complexity index is 273. The van der Waals surface area contributed by atoms with Gasteiger partial charge in [-0.05, 0) is 5.92 Å². The molecule has 0 saturated heterocycles. The maximum absolute atomic E-state index is 5.85. The minimum Gasteiger partial charge on any atom is -0.384 e. The van der Waals surface area contributed by atoms with Crippen molar-refractivity contribution < 1.29 is 9.26 Å². The largest absolute Gasteiger partial charge is 0.384 e. The van der Waals surface area contributed by atoms with Crippen LogP contribution in [0.4, 0.5) is 0 Å². The zero-order valence-corrected chi connectivity index (χ0v) is 8.86. The summed E-state index contributed by atoms with van der Waals surface area (Å²) in [7, 11) is 1.64. The molecule has 0 fully saturated rings. The molecule has 0 aliphatic rings. The molecule has 0 radical (unpaired) electrons. The van der Waals surface area contributed by atoms with E-state index in [9.17, 15) is 0 Å². The fraction of sp³-hybridized carbons (Fsp3) is 0.778. The smallest absolute Gasteiger partial charge is 0.243 e. The number of hydrogen-bond donors (Lipinski definition) is 1. The molecule has 1 rings (SSSR count). The summed E-state index contributed by atoms with van der Waals surface area (Å²) in [6, 6.07) is -0.182. The first-order chi connectivity index (χ1) is 6.65. The van der Waals surface area contributed by atoms with Crippen molar-refractivity contribution >= 4 is 0 Å². The molecule has 80 valence electrons. The quantitative estimate of drug-likeness (QED) is 0.763. The van der Waals surface area contributed by atoms with Crippen LogP contribution >= 0.6 is 0 Å². The zero-order chi connectivity index (χ0) is 10.6. The van der Waals surface area contributed by atoms with Crippen LogP contribution in [0.1, 0.15) is 31.6 Å². The second-order valence-corrected chi connectivity index (χ2v) is 3.56. The summed E-state index contributed by atoms with van der Waals surface area (Å²) in [5, 5.41) is 3.81. The molecule has 1 aromatic heterocycles. The molecule has 0 aliphatic heterocycles. The topological polar surface area (TPSA) is 74.2 Å². The van der Waals surface area contributed by atoms with Crippen molar-refractivity contribution in [3.05, 3.63) is 11.7 Å². The van der Waals surface area contributed by atoms with Gasteiger partial charge in [0.05, 0.1) is 12.6 Å². The minimum absolute atomic E-state index is 0.182. The van der Waals surface area contributed by atoms with Crippen LogP contribution in [0.25, 0.3) is 0 Å². The standard InChI is InChI=1S/C9H17N3O2/c1-6(2)8(10)9-11-7(12-14-9)4-5-13-3/h6,8H,4-5,10H2,1-3H3/t8-/m1/s1. The molecule has 1 heterocycles. The maximum Gasteiger partial charge on any atom is 0.243 e. The number of nitrogens with two attached hydrogens (primary N) is 1. The van der Waals surface area contributed by atoms with E-state index in [1.807, 2.05) is 13.8 Å². The average molecular weight is 199 g/mol. The lowest BCUT2D eigenvalue weighted by molar-refractivity contribution is 0.199. The number of aromatic nitrogens is 2. The molecule has 5 heteroatoms. The highest BCUT2D eigenvalue weighted by Crippen LogP contribution is 2.16. The van der Waals surface area contributed by atoms with Gasteiger partial charge in [-0.2, -0.15) is 4.98 Å². The van der Waals surface area contributed by atoms with Gasteiger partial charge >= 0.3 is 0 Å². The summed E-state index contributed by atoms with van der Waals surface area (Å²) in [5.74, 6) is 1.45. The Labute approximate surface area is 83.6 Å². The third-order valence-electron chi connectivity index (χ3n) is 2.02. The van der Waals surface area contributed by atoms with Gasteiger partial charge in [-0.3, -0.25) is 0 Å². The van der Waals surface area contributed by atoms with Crippen molar-refractivity contribution in [3.8, 4) is 0 Å². The Morgan fingerprint density at radius 2 is 2.21 bits per heavy atom. The Hall–Kier alpha value is -0.940. The van der Waals surface area contributed by atoms with Gasteiger partial charge in [0, 0.05) is 13.5 Å². The molecule has 0 aromatic carbocycles. The molecule has 14 heavy (non-hydrogen) atoms. The Kier molecular flexibility index (Phi) is 4.03. The van der Waals surface area contributed by atoms with Crippen molar-refractivity contribution in [2.45, 2.75) is 26.3 Å². The summed E-state index contributed by atoms with van der Waals surface area (Å²) in [5.41, 5.74) is 5.85. The normalized spacial score (nSPS) is 13.5. The molecule has 0 spiro atoms. The van der Waals surface area contributed by atoms with Crippen molar-refractivity contribution in [1.82, 2.24) is 10.1 Å². The maximum atomic E-state index is 5.85. The first-order valence-electron chi connectivity index (χ1n) is 4.72. The monoisotopic (exact) mass is 199 g/mol. The SMILES string of the molecule is COCCc1noc([C@H](N)C(C)C)n1. The molecule has 0 aliphatic carbocycles. The number of rotatable bonds is 5. The van der Waals surface area contributed by atoms with E-state index in [-0.39, 0.29) is 6.04 Å². The van der Waals surface area contributed by atoms with Crippen LogP contribution in [0.5, 0.6) is 0 Å². The van der Waals surface area contributed by atoms with Gasteiger partial charge in [0.25, 0.3) is 0 Å². The second-order valence-electron chi connectivity index (χ2n) is 3.56. The van der Waals surface area contributed by atoms with E-state index in [0.29, 0.717) is 30.7 Å². The highest BCUT2D eigenvalue weighted by Gasteiger charge is 2.17. The van der Waals surface area contributed by atoms with Gasteiger partial charge in [-0.15, -0.1) is 0 Å². The Morgan fingerprint density at radius 1 is 1.50 bits per heavy atom. The van der Waals surface area contributed by atoms with Crippen LogP contribution in [0.3, 0.4) is 0 Å². The van der Waals surface area contributed by atoms with Crippen LogP contribution < -0.4 is 5.73 Å². The lowest BCUT2D eigenvalue weighted by atomic mass is 10.1. The van der Waals surface area contributed by atoms with Gasteiger partial charge in [0.15, 0.2) is 5.82 Å². The lowest BCUT2D eigenvalue weighted by Crippen LogP contribution is -2.17. The Balaban J connectivity index is 2.58. The van der Waals surface area contributed by atoms with Crippen molar-refractivity contribution in [3.63, 3.8) is 0 Å². The highest BCUT2D eigenvalue weighted by atomic mass is 16.5. The molecule has 0 bridgehead atoms. The van der Waals surface area contributed by atoms with E-state index in [1.165, 1.54) is 0 Å². The molecule has 5 nitrogen and oxygen atoms in total. The summed E-state index contributed by atoms with van der Waals surface area (Å²) >= 11 is 0. The van der Waals surface area contributed by atoms with E-state index in [4.69, 9.17) is 15.0 Å². The van der Waals surface area contributed by atoms with Crippen LogP contribution in [-0.4, -0.2) is 23.9 Å². The van der Waals surface area contributed by atoms with Crippen LogP contribution in [0.2, 0.25) is 0 Å². The van der Waals surface area contributed by atoms with E-state index >= 15 is 0 Å². The van der Waals surface area contributed by atoms with Crippen molar-refractivity contribution in [1.29, 1.82) is 0 Å². The third-order valence-corrected chi connectivity index (χ3v) is 2.02. The van der Waals surface area contributed by atoms with Gasteiger partial charge in [0.2, 0.25) is 5.89 Å². The number of nitrogens with zero attached hydrogens (tertiary/aromatic N) is 2. The van der Waals surface area contributed by atoms with Gasteiger partial charge < -0.3 is 15.0 Å². The van der Waals surface area contributed by atoms with Crippen molar-refractivity contribution in [2.24, 2.45) is 11.7 Å². The first kappa shape index (κ1) is 11.1. The first-order valence-corrected chi connectivity index (χ1v) is 4.72. The molecule has 1 atom stereocenters. The van der Waals surface area contributed by atoms with Gasteiger partial charge in [-0.25, -0.2) is 0 Å². The minimum atomic E-state index is -0.182. The second kappa shape index (κ2) is 5.07. The molecule has 0 amide bonds.